The van der Waals surface area contributed by atoms with Crippen molar-refractivity contribution in [2.45, 2.75) is 18.7 Å². The molecule has 2 rings (SSSR count). The van der Waals surface area contributed by atoms with Crippen LogP contribution in [0.4, 0.5) is 11.5 Å². The van der Waals surface area contributed by atoms with Crippen LogP contribution in [0.2, 0.25) is 5.15 Å². The lowest BCUT2D eigenvalue weighted by molar-refractivity contribution is 0.600. The van der Waals surface area contributed by atoms with E-state index in [-0.39, 0.29) is 10.7 Å². The zero-order valence-corrected chi connectivity index (χ0v) is 12.7. The first kappa shape index (κ1) is 14.6. The molecule has 0 aliphatic heterocycles. The molecule has 0 amide bonds. The van der Waals surface area contributed by atoms with Crippen molar-refractivity contribution in [3.05, 3.63) is 28.7 Å². The Kier molecular flexibility index (Phi) is 3.61. The maximum Gasteiger partial charge on any atom is 0.267 e. The molecule has 0 spiro atoms. The monoisotopic (exact) mass is 315 g/mol. The van der Waals surface area contributed by atoms with Gasteiger partial charge in [0.1, 0.15) is 5.15 Å². The van der Waals surface area contributed by atoms with Gasteiger partial charge in [-0.15, -0.1) is 0 Å². The largest absolute Gasteiger partial charge is 0.381 e. The van der Waals surface area contributed by atoms with Crippen molar-refractivity contribution in [1.29, 1.82) is 0 Å². The number of nitrogens with zero attached hydrogens (tertiary/aromatic N) is 3. The Morgan fingerprint density at radius 2 is 2.05 bits per heavy atom. The molecule has 0 saturated carbocycles. The molecule has 7 nitrogen and oxygen atoms in total. The molecule has 0 fully saturated rings. The molecule has 20 heavy (non-hydrogen) atoms. The predicted molar refractivity (Wildman–Crippen MR) is 77.1 cm³/mol. The third-order valence-electron chi connectivity index (χ3n) is 2.84. The first-order valence-electron chi connectivity index (χ1n) is 5.66. The van der Waals surface area contributed by atoms with Crippen LogP contribution in [0.3, 0.4) is 0 Å². The van der Waals surface area contributed by atoms with Gasteiger partial charge in [0, 0.05) is 7.05 Å². The number of hydrogen-bond donors (Lipinski definition) is 2. The minimum atomic E-state index is -3.82. The number of nitrogens with one attached hydrogen (secondary N) is 1. The van der Waals surface area contributed by atoms with E-state index in [2.05, 4.69) is 14.8 Å². The van der Waals surface area contributed by atoms with Crippen molar-refractivity contribution in [2.75, 3.05) is 10.5 Å². The first-order chi connectivity index (χ1) is 9.22. The Bertz CT molecular complexity index is 769. The van der Waals surface area contributed by atoms with E-state index >= 15 is 0 Å². The molecule has 0 bridgehead atoms. The highest BCUT2D eigenvalue weighted by molar-refractivity contribution is 7.93. The molecule has 0 unspecified atom stereocenters. The summed E-state index contributed by atoms with van der Waals surface area (Å²) in [7, 11) is -2.20. The quantitative estimate of drug-likeness (QED) is 0.835. The van der Waals surface area contributed by atoms with E-state index in [9.17, 15) is 8.42 Å². The molecule has 2 heterocycles. The van der Waals surface area contributed by atoms with Crippen LogP contribution in [-0.4, -0.2) is 23.2 Å². The highest BCUT2D eigenvalue weighted by Crippen LogP contribution is 2.25. The number of anilines is 2. The number of pyridine rings is 1. The first-order valence-corrected chi connectivity index (χ1v) is 7.52. The summed E-state index contributed by atoms with van der Waals surface area (Å²) >= 11 is 5.80. The van der Waals surface area contributed by atoms with Gasteiger partial charge in [0.25, 0.3) is 10.0 Å². The fourth-order valence-electron chi connectivity index (χ4n) is 1.77. The molecule has 0 atom stereocenters. The van der Waals surface area contributed by atoms with Crippen LogP contribution in [0, 0.1) is 13.8 Å². The zero-order valence-electron chi connectivity index (χ0n) is 11.2. The lowest BCUT2D eigenvalue weighted by Crippen LogP contribution is -2.15. The highest BCUT2D eigenvalue weighted by atomic mass is 35.5. The number of nitrogen functional groups attached to an aromatic ring is 1. The van der Waals surface area contributed by atoms with Crippen LogP contribution in [-0.2, 0) is 17.1 Å². The van der Waals surface area contributed by atoms with Gasteiger partial charge in [-0.05, 0) is 25.5 Å². The van der Waals surface area contributed by atoms with Crippen LogP contribution in [0.1, 0.15) is 11.3 Å². The summed E-state index contributed by atoms with van der Waals surface area (Å²) in [6, 6.07) is 1.59. The normalized spacial score (nSPS) is 11.6. The second kappa shape index (κ2) is 4.95. The smallest absolute Gasteiger partial charge is 0.267 e. The molecule has 3 N–H and O–H groups in total. The van der Waals surface area contributed by atoms with Crippen molar-refractivity contribution in [2.24, 2.45) is 7.05 Å². The molecular formula is C11H14ClN5O2S. The number of aromatic nitrogens is 3. The SMILES string of the molecule is Cc1cc(NS(=O)(=O)c2c(N)nn(C)c2C)cnc1Cl. The summed E-state index contributed by atoms with van der Waals surface area (Å²) in [5.74, 6) is -0.0452. The summed E-state index contributed by atoms with van der Waals surface area (Å²) in [6.07, 6.45) is 1.34. The molecular weight excluding hydrogens is 302 g/mol. The summed E-state index contributed by atoms with van der Waals surface area (Å²) in [5, 5.41) is 4.21. The molecule has 0 aliphatic rings. The Balaban J connectivity index is 2.43. The van der Waals surface area contributed by atoms with E-state index in [1.165, 1.54) is 10.9 Å². The Hall–Kier alpha value is -1.80. The van der Waals surface area contributed by atoms with E-state index in [0.717, 1.165) is 0 Å². The summed E-state index contributed by atoms with van der Waals surface area (Å²) in [4.78, 5) is 3.86. The number of nitrogens with two attached hydrogens (primary N) is 1. The third-order valence-corrected chi connectivity index (χ3v) is 4.78. The minimum absolute atomic E-state index is 0.0346. The van der Waals surface area contributed by atoms with Gasteiger partial charge in [0.15, 0.2) is 10.7 Å². The van der Waals surface area contributed by atoms with Crippen LogP contribution in [0.15, 0.2) is 17.2 Å². The lowest BCUT2D eigenvalue weighted by Gasteiger charge is -2.09. The van der Waals surface area contributed by atoms with E-state index in [4.69, 9.17) is 17.3 Å². The van der Waals surface area contributed by atoms with Gasteiger partial charge in [-0.1, -0.05) is 11.6 Å². The number of hydrogen-bond acceptors (Lipinski definition) is 5. The van der Waals surface area contributed by atoms with Gasteiger partial charge in [-0.3, -0.25) is 9.40 Å². The van der Waals surface area contributed by atoms with Crippen LogP contribution < -0.4 is 10.5 Å². The molecule has 108 valence electrons. The maximum absolute atomic E-state index is 12.3. The van der Waals surface area contributed by atoms with Gasteiger partial charge in [-0.2, -0.15) is 5.10 Å². The van der Waals surface area contributed by atoms with Crippen LogP contribution in [0.25, 0.3) is 0 Å². The van der Waals surface area contributed by atoms with Crippen molar-refractivity contribution in [3.8, 4) is 0 Å². The lowest BCUT2D eigenvalue weighted by atomic mass is 10.3. The van der Waals surface area contributed by atoms with E-state index in [0.29, 0.717) is 22.1 Å². The number of halogens is 1. The van der Waals surface area contributed by atoms with Crippen molar-refractivity contribution in [3.63, 3.8) is 0 Å². The number of sulfonamides is 1. The molecule has 0 aromatic carbocycles. The van der Waals surface area contributed by atoms with E-state index in [1.807, 2.05) is 0 Å². The van der Waals surface area contributed by atoms with E-state index < -0.39 is 10.0 Å². The molecule has 9 heteroatoms. The molecule has 0 radical (unpaired) electrons. The average Bonchev–Trinajstić information content (AvgIpc) is 2.58. The standard InChI is InChI=1S/C11H14ClN5O2S/c1-6-4-8(5-14-10(6)12)16-20(18,19)9-7(2)17(3)15-11(9)13/h4-5,16H,1-3H3,(H2,13,15). The Morgan fingerprint density at radius 1 is 1.40 bits per heavy atom. The Morgan fingerprint density at radius 3 is 2.55 bits per heavy atom. The van der Waals surface area contributed by atoms with Crippen molar-refractivity contribution in [1.82, 2.24) is 14.8 Å². The molecule has 0 saturated heterocycles. The highest BCUT2D eigenvalue weighted by Gasteiger charge is 2.24. The van der Waals surface area contributed by atoms with Gasteiger partial charge in [-0.25, -0.2) is 13.4 Å². The predicted octanol–water partition coefficient (Wildman–Crippen LogP) is 1.47. The summed E-state index contributed by atoms with van der Waals surface area (Å²) in [5.41, 5.74) is 7.08. The third kappa shape index (κ3) is 2.56. The van der Waals surface area contributed by atoms with E-state index in [1.54, 1.807) is 27.0 Å². The zero-order chi connectivity index (χ0) is 15.1. The molecule has 2 aromatic heterocycles. The van der Waals surface area contributed by atoms with Gasteiger partial charge in [0.2, 0.25) is 0 Å². The average molecular weight is 316 g/mol. The van der Waals surface area contributed by atoms with Crippen molar-refractivity contribution < 1.29 is 8.42 Å². The fourth-order valence-corrected chi connectivity index (χ4v) is 3.23. The van der Waals surface area contributed by atoms with Crippen molar-refractivity contribution >= 4 is 33.1 Å². The minimum Gasteiger partial charge on any atom is -0.381 e. The summed E-state index contributed by atoms with van der Waals surface area (Å²) < 4.78 is 28.5. The summed E-state index contributed by atoms with van der Waals surface area (Å²) in [6.45, 7) is 3.36. The topological polar surface area (TPSA) is 103 Å². The second-order valence-corrected chi connectivity index (χ2v) is 6.34. The fraction of sp³-hybridized carbons (Fsp3) is 0.273. The van der Waals surface area contributed by atoms with Crippen LogP contribution in [0.5, 0.6) is 0 Å². The molecule has 2 aromatic rings. The van der Waals surface area contributed by atoms with Gasteiger partial charge >= 0.3 is 0 Å². The molecule has 0 aliphatic carbocycles. The number of rotatable bonds is 3. The maximum atomic E-state index is 12.3. The van der Waals surface area contributed by atoms with Gasteiger partial charge < -0.3 is 5.73 Å². The second-order valence-electron chi connectivity index (χ2n) is 4.36. The number of aryl methyl sites for hydroxylation is 2. The van der Waals surface area contributed by atoms with Gasteiger partial charge in [0.05, 0.1) is 17.6 Å². The Labute approximate surface area is 121 Å². The van der Waals surface area contributed by atoms with Crippen LogP contribution >= 0.6 is 11.6 Å².